The van der Waals surface area contributed by atoms with Crippen LogP contribution in [0, 0.1) is 3.57 Å². The van der Waals surface area contributed by atoms with Gasteiger partial charge in [0.2, 0.25) is 0 Å². The number of carbonyl (C=O) groups excluding carboxylic acids is 2. The Morgan fingerprint density at radius 2 is 1.77 bits per heavy atom. The Labute approximate surface area is 226 Å². The Morgan fingerprint density at radius 1 is 1.03 bits per heavy atom. The number of rotatable bonds is 9. The molecular formula is C26H21ClINO5S. The molecule has 0 N–H and O–H groups in total. The van der Waals surface area contributed by atoms with Crippen LogP contribution in [-0.4, -0.2) is 36.3 Å². The first kappa shape index (κ1) is 25.4. The lowest BCUT2D eigenvalue weighted by molar-refractivity contribution is -0.123. The molecule has 1 fully saturated rings. The Morgan fingerprint density at radius 3 is 2.49 bits per heavy atom. The largest absolute Gasteiger partial charge is 0.493 e. The van der Waals surface area contributed by atoms with E-state index in [0.29, 0.717) is 33.8 Å². The Balaban J connectivity index is 1.43. The summed E-state index contributed by atoms with van der Waals surface area (Å²) < 4.78 is 18.0. The number of carbonyl (C=O) groups is 2. The van der Waals surface area contributed by atoms with Gasteiger partial charge in [-0.1, -0.05) is 41.9 Å². The van der Waals surface area contributed by atoms with Crippen LogP contribution < -0.4 is 14.2 Å². The van der Waals surface area contributed by atoms with Crippen molar-refractivity contribution in [2.24, 2.45) is 0 Å². The summed E-state index contributed by atoms with van der Waals surface area (Å²) in [5, 5.41) is 0.279. The van der Waals surface area contributed by atoms with Crippen LogP contribution in [0.2, 0.25) is 5.02 Å². The van der Waals surface area contributed by atoms with E-state index in [0.717, 1.165) is 26.5 Å². The molecule has 0 aliphatic carbocycles. The molecule has 6 nitrogen and oxygen atoms in total. The minimum atomic E-state index is -0.349. The van der Waals surface area contributed by atoms with Gasteiger partial charge in [-0.15, -0.1) is 0 Å². The van der Waals surface area contributed by atoms with Gasteiger partial charge in [-0.3, -0.25) is 14.5 Å². The maximum atomic E-state index is 12.9. The standard InChI is InChI=1S/C26H21ClINO5S/c1-32-22-14-18(13-21(28)24(22)34-16-17-5-3-2-4-6-17)15-23-25(30)29(26(31)35-23)11-12-33-20-9-7-19(27)8-10-20/h2-10,13-15H,11-12,16H2,1H3/b23-15-. The molecule has 3 aromatic carbocycles. The zero-order chi connectivity index (χ0) is 24.8. The van der Waals surface area contributed by atoms with E-state index in [1.54, 1.807) is 43.5 Å². The van der Waals surface area contributed by atoms with E-state index in [1.807, 2.05) is 36.4 Å². The zero-order valence-corrected chi connectivity index (χ0v) is 22.4. The summed E-state index contributed by atoms with van der Waals surface area (Å²) in [4.78, 5) is 26.8. The van der Waals surface area contributed by atoms with Crippen LogP contribution in [-0.2, 0) is 11.4 Å². The minimum Gasteiger partial charge on any atom is -0.493 e. The van der Waals surface area contributed by atoms with Crippen molar-refractivity contribution in [1.29, 1.82) is 0 Å². The van der Waals surface area contributed by atoms with Gasteiger partial charge in [0, 0.05) is 5.02 Å². The first-order valence-electron chi connectivity index (χ1n) is 10.6. The van der Waals surface area contributed by atoms with Gasteiger partial charge in [-0.2, -0.15) is 0 Å². The van der Waals surface area contributed by atoms with Crippen LogP contribution in [0.4, 0.5) is 4.79 Å². The summed E-state index contributed by atoms with van der Waals surface area (Å²) in [7, 11) is 1.57. The van der Waals surface area contributed by atoms with E-state index in [1.165, 1.54) is 4.90 Å². The molecule has 0 spiro atoms. The number of nitrogens with zero attached hydrogens (tertiary/aromatic N) is 1. The average molecular weight is 622 g/mol. The van der Waals surface area contributed by atoms with Gasteiger partial charge in [-0.25, -0.2) is 0 Å². The molecule has 0 atom stereocenters. The van der Waals surface area contributed by atoms with Crippen LogP contribution in [0.3, 0.4) is 0 Å². The molecule has 0 aromatic heterocycles. The summed E-state index contributed by atoms with van der Waals surface area (Å²) in [6, 6.07) is 20.4. The van der Waals surface area contributed by atoms with Crippen molar-refractivity contribution < 1.29 is 23.8 Å². The monoisotopic (exact) mass is 621 g/mol. The molecule has 3 aromatic rings. The van der Waals surface area contributed by atoms with Crippen LogP contribution in [0.15, 0.2) is 71.6 Å². The summed E-state index contributed by atoms with van der Waals surface area (Å²) >= 11 is 8.95. The van der Waals surface area contributed by atoms with Gasteiger partial charge in [0.05, 0.1) is 22.1 Å². The first-order valence-corrected chi connectivity index (χ1v) is 12.9. The predicted molar refractivity (Wildman–Crippen MR) is 146 cm³/mol. The van der Waals surface area contributed by atoms with Gasteiger partial charge >= 0.3 is 0 Å². The summed E-state index contributed by atoms with van der Waals surface area (Å²) in [6.45, 7) is 0.743. The highest BCUT2D eigenvalue weighted by molar-refractivity contribution is 14.1. The van der Waals surface area contributed by atoms with E-state index in [4.69, 9.17) is 25.8 Å². The number of imide groups is 1. The van der Waals surface area contributed by atoms with Gasteiger partial charge in [0.25, 0.3) is 11.1 Å². The van der Waals surface area contributed by atoms with Gasteiger partial charge < -0.3 is 14.2 Å². The third kappa shape index (κ3) is 6.50. The van der Waals surface area contributed by atoms with Gasteiger partial charge in [-0.05, 0) is 88.0 Å². The van der Waals surface area contributed by atoms with Crippen molar-refractivity contribution in [3.8, 4) is 17.2 Å². The number of hydrogen-bond donors (Lipinski definition) is 0. The fourth-order valence-corrected chi connectivity index (χ4v) is 5.09. The fourth-order valence-electron chi connectivity index (χ4n) is 3.32. The molecule has 0 saturated carbocycles. The smallest absolute Gasteiger partial charge is 0.293 e. The molecular weight excluding hydrogens is 601 g/mol. The van der Waals surface area contributed by atoms with Crippen molar-refractivity contribution >= 4 is 63.2 Å². The second-order valence-corrected chi connectivity index (χ2v) is 10.0. The molecule has 1 saturated heterocycles. The lowest BCUT2D eigenvalue weighted by Gasteiger charge is -2.14. The predicted octanol–water partition coefficient (Wildman–Crippen LogP) is 6.65. The Hall–Kier alpha value is -2.69. The molecule has 0 unspecified atom stereocenters. The number of methoxy groups -OCH3 is 1. The molecule has 9 heteroatoms. The zero-order valence-electron chi connectivity index (χ0n) is 18.7. The molecule has 1 aliphatic rings. The van der Waals surface area contributed by atoms with E-state index in [2.05, 4.69) is 22.6 Å². The SMILES string of the molecule is COc1cc(/C=C2\SC(=O)N(CCOc3ccc(Cl)cc3)C2=O)cc(I)c1OCc1ccccc1. The van der Waals surface area contributed by atoms with Crippen LogP contribution in [0.5, 0.6) is 17.2 Å². The molecule has 180 valence electrons. The van der Waals surface area contributed by atoms with Crippen LogP contribution in [0.25, 0.3) is 6.08 Å². The van der Waals surface area contributed by atoms with Crippen molar-refractivity contribution in [1.82, 2.24) is 4.90 Å². The normalized spacial score (nSPS) is 14.5. The number of ether oxygens (including phenoxy) is 3. The second-order valence-electron chi connectivity index (χ2n) is 7.44. The van der Waals surface area contributed by atoms with Crippen LogP contribution >= 0.6 is 46.0 Å². The van der Waals surface area contributed by atoms with Crippen molar-refractivity contribution in [3.63, 3.8) is 0 Å². The first-order chi connectivity index (χ1) is 16.9. The molecule has 35 heavy (non-hydrogen) atoms. The van der Waals surface area contributed by atoms with Crippen LogP contribution in [0.1, 0.15) is 11.1 Å². The fraction of sp³-hybridized carbons (Fsp3) is 0.154. The molecule has 0 radical (unpaired) electrons. The van der Waals surface area contributed by atoms with E-state index < -0.39 is 0 Å². The highest BCUT2D eigenvalue weighted by atomic mass is 127. The topological polar surface area (TPSA) is 65.1 Å². The van der Waals surface area contributed by atoms with Gasteiger partial charge in [0.1, 0.15) is 19.0 Å². The number of amides is 2. The molecule has 4 rings (SSSR count). The Bertz CT molecular complexity index is 1250. The van der Waals surface area contributed by atoms with E-state index >= 15 is 0 Å². The van der Waals surface area contributed by atoms with Crippen molar-refractivity contribution in [3.05, 3.63) is 91.4 Å². The maximum Gasteiger partial charge on any atom is 0.293 e. The average Bonchev–Trinajstić information content (AvgIpc) is 3.12. The third-order valence-corrected chi connectivity index (χ3v) is 7.01. The highest BCUT2D eigenvalue weighted by Gasteiger charge is 2.35. The lowest BCUT2D eigenvalue weighted by Crippen LogP contribution is -2.32. The lowest BCUT2D eigenvalue weighted by atomic mass is 10.1. The highest BCUT2D eigenvalue weighted by Crippen LogP contribution is 2.37. The number of halogens is 2. The quantitative estimate of drug-likeness (QED) is 0.197. The number of hydrogen-bond acceptors (Lipinski definition) is 6. The maximum absolute atomic E-state index is 12.9. The molecule has 1 heterocycles. The second kappa shape index (κ2) is 11.8. The molecule has 1 aliphatic heterocycles. The van der Waals surface area contributed by atoms with Crippen molar-refractivity contribution in [2.75, 3.05) is 20.3 Å². The molecule has 0 bridgehead atoms. The summed E-state index contributed by atoms with van der Waals surface area (Å²) in [5.41, 5.74) is 1.78. The third-order valence-electron chi connectivity index (χ3n) is 5.05. The summed E-state index contributed by atoms with van der Waals surface area (Å²) in [5.74, 6) is 1.45. The number of benzene rings is 3. The Kier molecular flexibility index (Phi) is 8.59. The number of thioether (sulfide) groups is 1. The molecule has 2 amide bonds. The van der Waals surface area contributed by atoms with Crippen molar-refractivity contribution in [2.45, 2.75) is 6.61 Å². The van der Waals surface area contributed by atoms with E-state index in [-0.39, 0.29) is 24.3 Å². The minimum absolute atomic E-state index is 0.151. The van der Waals surface area contributed by atoms with Gasteiger partial charge in [0.15, 0.2) is 11.5 Å². The summed E-state index contributed by atoms with van der Waals surface area (Å²) in [6.07, 6.45) is 1.69. The van der Waals surface area contributed by atoms with E-state index in [9.17, 15) is 9.59 Å².